The summed E-state index contributed by atoms with van der Waals surface area (Å²) < 4.78 is 0. The minimum Gasteiger partial charge on any atom is -0.366 e. The topological polar surface area (TPSA) is 72.2 Å². The standard InChI is InChI=1S/C24H26Cl2N2O2/c1-3-24-11-10-18(17-9-6-15(22(27)29)12-19(17)26)20(14-4-7-16(25)8-5-14)21(24)13(2)28-23(24)30/h4-9,12-13,18,20-21H,3,10-11H2,1-2H3,(H2,27,29)(H,28,30)/t13-,18+,20+,21+,24-/m1/s1. The highest BCUT2D eigenvalue weighted by Gasteiger charge is 2.59. The van der Waals surface area contributed by atoms with Gasteiger partial charge in [0.25, 0.3) is 0 Å². The molecular formula is C24H26Cl2N2O2. The molecule has 2 amide bonds. The lowest BCUT2D eigenvalue weighted by Gasteiger charge is -2.47. The van der Waals surface area contributed by atoms with E-state index in [9.17, 15) is 9.59 Å². The van der Waals surface area contributed by atoms with Crippen LogP contribution in [0, 0.1) is 11.3 Å². The summed E-state index contributed by atoms with van der Waals surface area (Å²) in [5.74, 6) is 0.0322. The molecule has 0 unspecified atom stereocenters. The maximum absolute atomic E-state index is 13.0. The first-order valence-corrected chi connectivity index (χ1v) is 11.2. The number of nitrogens with one attached hydrogen (secondary N) is 1. The average molecular weight is 445 g/mol. The Balaban J connectivity index is 1.85. The highest BCUT2D eigenvalue weighted by molar-refractivity contribution is 6.32. The van der Waals surface area contributed by atoms with Crippen molar-refractivity contribution >= 4 is 35.0 Å². The molecule has 158 valence electrons. The molecule has 2 aliphatic rings. The number of primary amides is 1. The third kappa shape index (κ3) is 3.30. The minimum atomic E-state index is -0.495. The van der Waals surface area contributed by atoms with Crippen LogP contribution in [0.3, 0.4) is 0 Å². The van der Waals surface area contributed by atoms with Crippen LogP contribution in [0.15, 0.2) is 42.5 Å². The summed E-state index contributed by atoms with van der Waals surface area (Å²) in [7, 11) is 0. The Bertz CT molecular complexity index is 991. The Morgan fingerprint density at radius 1 is 1.20 bits per heavy atom. The van der Waals surface area contributed by atoms with Gasteiger partial charge in [-0.15, -0.1) is 0 Å². The molecule has 0 bridgehead atoms. The number of hydrogen-bond acceptors (Lipinski definition) is 2. The fourth-order valence-electron chi connectivity index (χ4n) is 5.88. The molecule has 1 saturated heterocycles. The largest absolute Gasteiger partial charge is 0.366 e. The molecular weight excluding hydrogens is 419 g/mol. The normalized spacial score (nSPS) is 30.6. The van der Waals surface area contributed by atoms with E-state index >= 15 is 0 Å². The first kappa shape index (κ1) is 21.2. The van der Waals surface area contributed by atoms with Crippen molar-refractivity contribution in [3.05, 3.63) is 69.2 Å². The lowest BCUT2D eigenvalue weighted by Crippen LogP contribution is -2.43. The molecule has 5 atom stereocenters. The van der Waals surface area contributed by atoms with E-state index in [4.69, 9.17) is 28.9 Å². The van der Waals surface area contributed by atoms with Crippen LogP contribution in [0.4, 0.5) is 0 Å². The maximum atomic E-state index is 13.0. The van der Waals surface area contributed by atoms with Gasteiger partial charge in [-0.2, -0.15) is 0 Å². The number of nitrogens with two attached hydrogens (primary N) is 1. The van der Waals surface area contributed by atoms with Gasteiger partial charge in [-0.05, 0) is 73.4 Å². The molecule has 30 heavy (non-hydrogen) atoms. The third-order valence-electron chi connectivity index (χ3n) is 7.28. The summed E-state index contributed by atoms with van der Waals surface area (Å²) in [5, 5.41) is 4.44. The highest BCUT2D eigenvalue weighted by Crippen LogP contribution is 2.60. The van der Waals surface area contributed by atoms with Crippen molar-refractivity contribution in [1.29, 1.82) is 0 Å². The van der Waals surface area contributed by atoms with Gasteiger partial charge in [0.2, 0.25) is 11.8 Å². The zero-order valence-corrected chi connectivity index (χ0v) is 18.6. The van der Waals surface area contributed by atoms with Crippen LogP contribution < -0.4 is 11.1 Å². The Kier molecular flexibility index (Phi) is 5.58. The second-order valence-corrected chi connectivity index (χ2v) is 9.46. The molecule has 0 aromatic heterocycles. The molecule has 0 radical (unpaired) electrons. The number of carbonyl (C=O) groups is 2. The number of halogens is 2. The van der Waals surface area contributed by atoms with Gasteiger partial charge in [0, 0.05) is 27.6 Å². The number of fused-ring (bicyclic) bond motifs is 1. The van der Waals surface area contributed by atoms with E-state index in [0.29, 0.717) is 15.6 Å². The van der Waals surface area contributed by atoms with E-state index in [1.807, 2.05) is 18.2 Å². The molecule has 4 rings (SSSR count). The quantitative estimate of drug-likeness (QED) is 0.672. The van der Waals surface area contributed by atoms with Gasteiger partial charge in [0.05, 0.1) is 5.41 Å². The van der Waals surface area contributed by atoms with Gasteiger partial charge < -0.3 is 11.1 Å². The molecule has 2 aromatic rings. The SMILES string of the molecule is CC[C@@]12CC[C@@H](c3ccc(C(N)=O)cc3Cl)[C@H](c3ccc(Cl)cc3)[C@@H]1[C@@H](C)NC2=O. The van der Waals surface area contributed by atoms with E-state index in [0.717, 1.165) is 30.4 Å². The smallest absolute Gasteiger partial charge is 0.248 e. The number of amides is 2. The Labute approximate surface area is 187 Å². The lowest BCUT2D eigenvalue weighted by molar-refractivity contribution is -0.131. The van der Waals surface area contributed by atoms with Gasteiger partial charge in [-0.25, -0.2) is 0 Å². The summed E-state index contributed by atoms with van der Waals surface area (Å²) >= 11 is 12.8. The van der Waals surface area contributed by atoms with Crippen LogP contribution in [-0.2, 0) is 4.79 Å². The molecule has 2 aromatic carbocycles. The predicted octanol–water partition coefficient (Wildman–Crippen LogP) is 5.28. The van der Waals surface area contributed by atoms with E-state index in [2.05, 4.69) is 31.3 Å². The molecule has 0 spiro atoms. The van der Waals surface area contributed by atoms with Gasteiger partial charge in [-0.3, -0.25) is 9.59 Å². The van der Waals surface area contributed by atoms with Crippen LogP contribution >= 0.6 is 23.2 Å². The summed E-state index contributed by atoms with van der Waals surface area (Å²) in [6.07, 6.45) is 2.46. The molecule has 1 saturated carbocycles. The average Bonchev–Trinajstić information content (AvgIpc) is 2.98. The predicted molar refractivity (Wildman–Crippen MR) is 120 cm³/mol. The molecule has 3 N–H and O–H groups in total. The van der Waals surface area contributed by atoms with Gasteiger partial charge in [0.15, 0.2) is 0 Å². The zero-order chi connectivity index (χ0) is 21.6. The Hall–Kier alpha value is -2.04. The van der Waals surface area contributed by atoms with Gasteiger partial charge >= 0.3 is 0 Å². The van der Waals surface area contributed by atoms with Crippen LogP contribution in [0.5, 0.6) is 0 Å². The van der Waals surface area contributed by atoms with Crippen molar-refractivity contribution in [3.8, 4) is 0 Å². The van der Waals surface area contributed by atoms with Crippen LogP contribution in [0.25, 0.3) is 0 Å². The first-order chi connectivity index (χ1) is 14.3. The van der Waals surface area contributed by atoms with Crippen molar-refractivity contribution in [1.82, 2.24) is 5.32 Å². The fraction of sp³-hybridized carbons (Fsp3) is 0.417. The van der Waals surface area contributed by atoms with Crippen molar-refractivity contribution in [2.75, 3.05) is 0 Å². The molecule has 1 aliphatic carbocycles. The fourth-order valence-corrected chi connectivity index (χ4v) is 6.32. The number of hydrogen-bond donors (Lipinski definition) is 2. The molecule has 1 aliphatic heterocycles. The molecule has 4 nitrogen and oxygen atoms in total. The molecule has 2 fully saturated rings. The van der Waals surface area contributed by atoms with Crippen LogP contribution in [0.2, 0.25) is 10.0 Å². The Morgan fingerprint density at radius 2 is 1.90 bits per heavy atom. The number of rotatable bonds is 4. The van der Waals surface area contributed by atoms with Crippen molar-refractivity contribution in [2.45, 2.75) is 51.0 Å². The van der Waals surface area contributed by atoms with E-state index in [-0.39, 0.29) is 35.1 Å². The van der Waals surface area contributed by atoms with E-state index in [1.54, 1.807) is 12.1 Å². The zero-order valence-electron chi connectivity index (χ0n) is 17.1. The number of carbonyl (C=O) groups excluding carboxylic acids is 2. The van der Waals surface area contributed by atoms with Crippen molar-refractivity contribution < 1.29 is 9.59 Å². The minimum absolute atomic E-state index is 0.0598. The maximum Gasteiger partial charge on any atom is 0.248 e. The van der Waals surface area contributed by atoms with Crippen molar-refractivity contribution in [2.24, 2.45) is 17.1 Å². The van der Waals surface area contributed by atoms with E-state index < -0.39 is 5.91 Å². The second-order valence-electron chi connectivity index (χ2n) is 8.62. The summed E-state index contributed by atoms with van der Waals surface area (Å²) in [6.45, 7) is 4.21. The highest BCUT2D eigenvalue weighted by atomic mass is 35.5. The lowest BCUT2D eigenvalue weighted by atomic mass is 9.54. The van der Waals surface area contributed by atoms with Gasteiger partial charge in [0.1, 0.15) is 0 Å². The summed E-state index contributed by atoms with van der Waals surface area (Å²) in [6, 6.07) is 13.3. The summed E-state index contributed by atoms with van der Waals surface area (Å²) in [4.78, 5) is 24.6. The monoisotopic (exact) mass is 444 g/mol. The summed E-state index contributed by atoms with van der Waals surface area (Å²) in [5.41, 5.74) is 7.61. The van der Waals surface area contributed by atoms with Crippen LogP contribution in [-0.4, -0.2) is 17.9 Å². The molecule has 1 heterocycles. The van der Waals surface area contributed by atoms with Crippen LogP contribution in [0.1, 0.15) is 66.4 Å². The first-order valence-electron chi connectivity index (χ1n) is 10.4. The number of benzene rings is 2. The van der Waals surface area contributed by atoms with Crippen molar-refractivity contribution in [3.63, 3.8) is 0 Å². The van der Waals surface area contributed by atoms with E-state index in [1.165, 1.54) is 0 Å². The molecule has 6 heteroatoms. The Morgan fingerprint density at radius 3 is 2.50 bits per heavy atom. The van der Waals surface area contributed by atoms with Gasteiger partial charge in [-0.1, -0.05) is 48.3 Å². The second kappa shape index (κ2) is 7.90. The third-order valence-corrected chi connectivity index (χ3v) is 7.86.